The zero-order valence-corrected chi connectivity index (χ0v) is 21.8. The maximum absolute atomic E-state index is 11.2. The third-order valence-electron chi connectivity index (χ3n) is 10.5. The first-order chi connectivity index (χ1) is 14.9. The van der Waals surface area contributed by atoms with Gasteiger partial charge in [-0.15, -0.1) is 0 Å². The molecule has 0 aromatic rings. The molecule has 4 nitrogen and oxygen atoms in total. The second kappa shape index (κ2) is 9.00. The molecule has 32 heavy (non-hydrogen) atoms. The largest absolute Gasteiger partial charge is 0.397 e. The Balaban J connectivity index is 1.47. The van der Waals surface area contributed by atoms with E-state index in [2.05, 4.69) is 40.7 Å². The average molecular weight is 467 g/mol. The summed E-state index contributed by atoms with van der Waals surface area (Å²) >= 11 is 0. The molecule has 0 saturated heterocycles. The van der Waals surface area contributed by atoms with Crippen molar-refractivity contribution in [3.8, 4) is 0 Å². The van der Waals surface area contributed by atoms with Crippen LogP contribution < -0.4 is 0 Å². The number of hydrogen-bond donors (Lipinski definition) is 1. The lowest BCUT2D eigenvalue weighted by molar-refractivity contribution is -0.0560. The van der Waals surface area contributed by atoms with Crippen LogP contribution in [0.3, 0.4) is 0 Å². The van der Waals surface area contributed by atoms with Gasteiger partial charge in [0.05, 0.1) is 6.10 Å². The van der Waals surface area contributed by atoms with Crippen LogP contribution in [0.4, 0.5) is 0 Å². The van der Waals surface area contributed by atoms with E-state index in [0.29, 0.717) is 24.2 Å². The fraction of sp³-hybridized carbons (Fsp3) is 0.926. The smallest absolute Gasteiger partial charge is 0.264 e. The Labute approximate surface area is 196 Å². The highest BCUT2D eigenvalue weighted by molar-refractivity contribution is 7.80. The number of rotatable bonds is 7. The van der Waals surface area contributed by atoms with Crippen LogP contribution in [0.25, 0.3) is 0 Å². The normalized spacial score (nSPS) is 42.7. The molecule has 4 aliphatic rings. The summed E-state index contributed by atoms with van der Waals surface area (Å²) in [6.07, 6.45) is 15.1. The Bertz CT molecular complexity index is 818. The van der Waals surface area contributed by atoms with E-state index in [9.17, 15) is 8.42 Å². The molecule has 0 amide bonds. The molecule has 4 rings (SSSR count). The van der Waals surface area contributed by atoms with Crippen LogP contribution in [0.2, 0.25) is 0 Å². The lowest BCUT2D eigenvalue weighted by Gasteiger charge is -2.58. The molecular weight excluding hydrogens is 420 g/mol. The van der Waals surface area contributed by atoms with Gasteiger partial charge in [0.25, 0.3) is 0 Å². The summed E-state index contributed by atoms with van der Waals surface area (Å²) in [6.45, 7) is 12.3. The molecule has 184 valence electrons. The molecule has 0 heterocycles. The van der Waals surface area contributed by atoms with Crippen LogP contribution in [-0.2, 0) is 14.6 Å². The van der Waals surface area contributed by atoms with E-state index >= 15 is 0 Å². The van der Waals surface area contributed by atoms with Crippen molar-refractivity contribution in [2.45, 2.75) is 111 Å². The molecule has 3 fully saturated rings. The van der Waals surface area contributed by atoms with Crippen molar-refractivity contribution in [1.82, 2.24) is 0 Å². The molecular formula is C27H46O4S. The summed E-state index contributed by atoms with van der Waals surface area (Å²) in [5.74, 6) is 4.83. The third-order valence-corrected chi connectivity index (χ3v) is 11.0. The molecule has 0 aliphatic heterocycles. The monoisotopic (exact) mass is 466 g/mol. The van der Waals surface area contributed by atoms with Crippen molar-refractivity contribution < 1.29 is 17.2 Å². The van der Waals surface area contributed by atoms with Gasteiger partial charge in [0.1, 0.15) is 0 Å². The minimum atomic E-state index is -4.38. The van der Waals surface area contributed by atoms with Gasteiger partial charge in [0, 0.05) is 0 Å². The van der Waals surface area contributed by atoms with E-state index in [4.69, 9.17) is 8.74 Å². The van der Waals surface area contributed by atoms with E-state index in [0.717, 1.165) is 42.4 Å². The Morgan fingerprint density at radius 1 is 1.06 bits per heavy atom. The minimum absolute atomic E-state index is 0.171. The lowest BCUT2D eigenvalue weighted by atomic mass is 9.47. The molecule has 5 heteroatoms. The van der Waals surface area contributed by atoms with Gasteiger partial charge >= 0.3 is 10.4 Å². The zero-order valence-electron chi connectivity index (χ0n) is 21.0. The fourth-order valence-electron chi connectivity index (χ4n) is 8.91. The third kappa shape index (κ3) is 4.60. The zero-order chi connectivity index (χ0) is 23.3. The van der Waals surface area contributed by atoms with E-state index in [1.54, 1.807) is 0 Å². The van der Waals surface area contributed by atoms with Gasteiger partial charge in [0.15, 0.2) is 0 Å². The number of fused-ring (bicyclic) bond motifs is 5. The first-order valence-electron chi connectivity index (χ1n) is 13.3. The van der Waals surface area contributed by atoms with Crippen LogP contribution in [0.5, 0.6) is 0 Å². The summed E-state index contributed by atoms with van der Waals surface area (Å²) in [7, 11) is -4.38. The quantitative estimate of drug-likeness (QED) is 0.318. The van der Waals surface area contributed by atoms with Crippen molar-refractivity contribution in [2.75, 3.05) is 0 Å². The van der Waals surface area contributed by atoms with Gasteiger partial charge in [-0.25, -0.2) is 4.18 Å². The minimum Gasteiger partial charge on any atom is -0.264 e. The van der Waals surface area contributed by atoms with Gasteiger partial charge in [-0.3, -0.25) is 4.55 Å². The molecule has 8 atom stereocenters. The average Bonchev–Trinajstić information content (AvgIpc) is 3.04. The summed E-state index contributed by atoms with van der Waals surface area (Å²) in [4.78, 5) is 0. The van der Waals surface area contributed by atoms with E-state index in [1.165, 1.54) is 50.5 Å². The molecule has 0 unspecified atom stereocenters. The molecule has 0 aromatic carbocycles. The standard InChI is InChI=1S/C27H46O4S/c1-18(2)7-6-8-19(3)23-11-12-24-22-10-9-20-17-21(31-32(28,29)30)13-15-26(20,4)25(22)14-16-27(23,24)5/h9,18-19,21-25H,6-8,10-17H2,1-5H3,(H,28,29,30)/t19-,21+,22-,23-,24-,25-,26+,27-/m1/s1. The first-order valence-corrected chi connectivity index (χ1v) is 14.7. The first kappa shape index (κ1) is 24.7. The van der Waals surface area contributed by atoms with Gasteiger partial charge in [-0.1, -0.05) is 65.5 Å². The van der Waals surface area contributed by atoms with Gasteiger partial charge in [0.2, 0.25) is 0 Å². The lowest BCUT2D eigenvalue weighted by Crippen LogP contribution is -2.51. The molecule has 0 aromatic heterocycles. The number of allylic oxidation sites excluding steroid dienone is 1. The van der Waals surface area contributed by atoms with Gasteiger partial charge in [-0.05, 0) is 97.7 Å². The fourth-order valence-corrected chi connectivity index (χ4v) is 9.41. The topological polar surface area (TPSA) is 63.6 Å². The second-order valence-corrected chi connectivity index (χ2v) is 13.7. The predicted octanol–water partition coefficient (Wildman–Crippen LogP) is 7.22. The van der Waals surface area contributed by atoms with Crippen LogP contribution in [0.15, 0.2) is 11.6 Å². The van der Waals surface area contributed by atoms with Crippen molar-refractivity contribution >= 4 is 10.4 Å². The highest BCUT2D eigenvalue weighted by Gasteiger charge is 2.59. The Morgan fingerprint density at radius 3 is 2.50 bits per heavy atom. The predicted molar refractivity (Wildman–Crippen MR) is 129 cm³/mol. The molecule has 0 spiro atoms. The van der Waals surface area contributed by atoms with E-state index in [-0.39, 0.29) is 5.41 Å². The van der Waals surface area contributed by atoms with Gasteiger partial charge in [-0.2, -0.15) is 8.42 Å². The molecule has 3 saturated carbocycles. The summed E-state index contributed by atoms with van der Waals surface area (Å²) in [5, 5.41) is 0. The maximum Gasteiger partial charge on any atom is 0.397 e. The van der Waals surface area contributed by atoms with Crippen molar-refractivity contribution in [3.63, 3.8) is 0 Å². The summed E-state index contributed by atoms with van der Waals surface area (Å²) < 4.78 is 36.6. The van der Waals surface area contributed by atoms with E-state index in [1.807, 2.05) is 0 Å². The molecule has 0 bridgehead atoms. The van der Waals surface area contributed by atoms with Crippen LogP contribution in [0, 0.1) is 46.3 Å². The van der Waals surface area contributed by atoms with Crippen molar-refractivity contribution in [2.24, 2.45) is 46.3 Å². The molecule has 1 N–H and O–H groups in total. The molecule has 4 aliphatic carbocycles. The number of hydrogen-bond acceptors (Lipinski definition) is 3. The second-order valence-electron chi connectivity index (χ2n) is 12.7. The van der Waals surface area contributed by atoms with Crippen molar-refractivity contribution in [1.29, 1.82) is 0 Å². The Hall–Kier alpha value is -0.390. The summed E-state index contributed by atoms with van der Waals surface area (Å²) in [5.41, 5.74) is 2.05. The SMILES string of the molecule is CC(C)CCC[C@@H](C)[C@H]1CC[C@@H]2[C@H]3CC=C4C[C@@H](OS(=O)(=O)O)CC[C@]4(C)[C@@H]3CC[C@@]21C. The van der Waals surface area contributed by atoms with Crippen LogP contribution in [0.1, 0.15) is 105 Å². The Morgan fingerprint density at radius 2 is 1.81 bits per heavy atom. The highest BCUT2D eigenvalue weighted by atomic mass is 32.3. The van der Waals surface area contributed by atoms with E-state index < -0.39 is 16.5 Å². The van der Waals surface area contributed by atoms with Gasteiger partial charge < -0.3 is 0 Å². The molecule has 0 radical (unpaired) electrons. The maximum atomic E-state index is 11.2. The van der Waals surface area contributed by atoms with Crippen LogP contribution >= 0.6 is 0 Å². The Kier molecular flexibility index (Phi) is 6.95. The highest BCUT2D eigenvalue weighted by Crippen LogP contribution is 2.67. The van der Waals surface area contributed by atoms with Crippen molar-refractivity contribution in [3.05, 3.63) is 11.6 Å². The van der Waals surface area contributed by atoms with Crippen LogP contribution in [-0.4, -0.2) is 19.1 Å². The summed E-state index contributed by atoms with van der Waals surface area (Å²) in [6, 6.07) is 0.